The number of nitrogens with zero attached hydrogens (tertiary/aromatic N) is 2. The predicted molar refractivity (Wildman–Crippen MR) is 102 cm³/mol. The van der Waals surface area contributed by atoms with E-state index >= 15 is 4.39 Å². The van der Waals surface area contributed by atoms with Gasteiger partial charge >= 0.3 is 6.18 Å². The van der Waals surface area contributed by atoms with Gasteiger partial charge in [-0.25, -0.2) is 4.39 Å². The maximum absolute atomic E-state index is 15.1. The van der Waals surface area contributed by atoms with Crippen molar-refractivity contribution in [3.8, 4) is 0 Å². The van der Waals surface area contributed by atoms with E-state index in [1.54, 1.807) is 17.0 Å². The van der Waals surface area contributed by atoms with E-state index < -0.39 is 29.3 Å². The number of halogens is 4. The summed E-state index contributed by atoms with van der Waals surface area (Å²) in [7, 11) is 0. The van der Waals surface area contributed by atoms with E-state index in [9.17, 15) is 18.0 Å². The average Bonchev–Trinajstić information content (AvgIpc) is 3.20. The maximum Gasteiger partial charge on any atom is 0.435 e. The average molecular weight is 406 g/mol. The van der Waals surface area contributed by atoms with Gasteiger partial charge in [-0.05, 0) is 30.7 Å². The van der Waals surface area contributed by atoms with Crippen LogP contribution in [-0.2, 0) is 6.18 Å². The number of benzene rings is 2. The molecule has 0 saturated heterocycles. The highest BCUT2D eigenvalue weighted by atomic mass is 19.4. The minimum absolute atomic E-state index is 0.146. The van der Waals surface area contributed by atoms with Crippen molar-refractivity contribution < 1.29 is 22.4 Å². The van der Waals surface area contributed by atoms with E-state index in [2.05, 4.69) is 10.4 Å². The molecule has 0 radical (unpaired) electrons. The SMILES string of the molecule is CCCN(c1ccccc1)c1cccc(NC(=O)c2cc(C(F)(F)F)n[nH]2)c1F. The van der Waals surface area contributed by atoms with E-state index in [1.165, 1.54) is 6.07 Å². The lowest BCUT2D eigenvalue weighted by atomic mass is 10.2. The summed E-state index contributed by atoms with van der Waals surface area (Å²) in [6.07, 6.45) is -3.93. The molecule has 0 spiro atoms. The number of carbonyl (C=O) groups excluding carboxylic acids is 1. The first-order valence-electron chi connectivity index (χ1n) is 8.86. The number of aromatic nitrogens is 2. The first-order valence-corrected chi connectivity index (χ1v) is 8.86. The Morgan fingerprint density at radius 1 is 1.14 bits per heavy atom. The van der Waals surface area contributed by atoms with Gasteiger partial charge in [0.1, 0.15) is 5.69 Å². The summed E-state index contributed by atoms with van der Waals surface area (Å²) in [5, 5.41) is 7.39. The standard InChI is InChI=1S/C20H18F4N4O/c1-2-11-28(13-7-4-3-5-8-13)16-10-6-9-14(18(16)21)25-19(29)15-12-17(27-26-15)20(22,23)24/h3-10,12H,2,11H2,1H3,(H,25,29)(H,26,27). The summed E-state index contributed by atoms with van der Waals surface area (Å²) >= 11 is 0. The van der Waals surface area contributed by atoms with Gasteiger partial charge in [-0.15, -0.1) is 0 Å². The van der Waals surface area contributed by atoms with Crippen LogP contribution in [-0.4, -0.2) is 22.6 Å². The third kappa shape index (κ3) is 4.56. The number of H-pyrrole nitrogens is 1. The Bertz CT molecular complexity index is 986. The van der Waals surface area contributed by atoms with Gasteiger partial charge < -0.3 is 10.2 Å². The Hall–Kier alpha value is -3.36. The highest BCUT2D eigenvalue weighted by Crippen LogP contribution is 2.32. The number of hydrogen-bond acceptors (Lipinski definition) is 3. The number of anilines is 3. The van der Waals surface area contributed by atoms with E-state index in [0.717, 1.165) is 12.1 Å². The van der Waals surface area contributed by atoms with Crippen LogP contribution in [0.15, 0.2) is 54.6 Å². The van der Waals surface area contributed by atoms with Crippen molar-refractivity contribution in [2.24, 2.45) is 0 Å². The first-order chi connectivity index (χ1) is 13.8. The molecule has 3 aromatic rings. The second-order valence-electron chi connectivity index (χ2n) is 6.24. The molecule has 2 aromatic carbocycles. The van der Waals surface area contributed by atoms with Crippen LogP contribution in [0, 0.1) is 5.82 Å². The molecule has 0 atom stereocenters. The van der Waals surface area contributed by atoms with Crippen molar-refractivity contribution in [2.75, 3.05) is 16.8 Å². The van der Waals surface area contributed by atoms with Gasteiger partial charge in [0, 0.05) is 18.3 Å². The number of alkyl halides is 3. The molecule has 9 heteroatoms. The molecular weight excluding hydrogens is 388 g/mol. The molecule has 0 unspecified atom stereocenters. The molecule has 0 aliphatic carbocycles. The van der Waals surface area contributed by atoms with Crippen LogP contribution >= 0.6 is 0 Å². The smallest absolute Gasteiger partial charge is 0.339 e. The molecular formula is C20H18F4N4O. The molecule has 152 valence electrons. The molecule has 1 amide bonds. The number of aromatic amines is 1. The van der Waals surface area contributed by atoms with Crippen molar-refractivity contribution >= 4 is 23.0 Å². The van der Waals surface area contributed by atoms with Crippen molar-refractivity contribution in [3.05, 3.63) is 71.8 Å². The van der Waals surface area contributed by atoms with E-state index in [4.69, 9.17) is 0 Å². The molecule has 1 heterocycles. The minimum atomic E-state index is -4.68. The Morgan fingerprint density at radius 3 is 2.48 bits per heavy atom. The van der Waals surface area contributed by atoms with Crippen LogP contribution in [0.4, 0.5) is 34.6 Å². The van der Waals surface area contributed by atoms with E-state index in [0.29, 0.717) is 12.6 Å². The van der Waals surface area contributed by atoms with Crippen LogP contribution in [0.3, 0.4) is 0 Å². The lowest BCUT2D eigenvalue weighted by Crippen LogP contribution is -2.20. The lowest BCUT2D eigenvalue weighted by molar-refractivity contribution is -0.141. The summed E-state index contributed by atoms with van der Waals surface area (Å²) in [6, 6.07) is 14.2. The molecule has 0 bridgehead atoms. The number of carbonyl (C=O) groups is 1. The van der Waals surface area contributed by atoms with Gasteiger partial charge in [0.25, 0.3) is 5.91 Å². The molecule has 3 rings (SSSR count). The minimum Gasteiger partial charge on any atom is -0.339 e. The third-order valence-electron chi connectivity index (χ3n) is 4.15. The number of hydrogen-bond donors (Lipinski definition) is 2. The van der Waals surface area contributed by atoms with Crippen LogP contribution in [0.5, 0.6) is 0 Å². The zero-order chi connectivity index (χ0) is 21.0. The highest BCUT2D eigenvalue weighted by Gasteiger charge is 2.34. The molecule has 29 heavy (non-hydrogen) atoms. The number of rotatable bonds is 6. The predicted octanol–water partition coefficient (Wildman–Crippen LogP) is 5.37. The Balaban J connectivity index is 1.88. The van der Waals surface area contributed by atoms with Gasteiger partial charge in [0.15, 0.2) is 11.5 Å². The van der Waals surface area contributed by atoms with Crippen molar-refractivity contribution in [1.82, 2.24) is 10.2 Å². The summed E-state index contributed by atoms with van der Waals surface area (Å²) in [4.78, 5) is 14.0. The van der Waals surface area contributed by atoms with Gasteiger partial charge in [0.05, 0.1) is 11.4 Å². The van der Waals surface area contributed by atoms with Gasteiger partial charge in [-0.3, -0.25) is 9.89 Å². The highest BCUT2D eigenvalue weighted by molar-refractivity contribution is 6.03. The van der Waals surface area contributed by atoms with E-state index in [1.807, 2.05) is 42.4 Å². The van der Waals surface area contributed by atoms with Crippen molar-refractivity contribution in [2.45, 2.75) is 19.5 Å². The van der Waals surface area contributed by atoms with Gasteiger partial charge in [-0.2, -0.15) is 18.3 Å². The second kappa shape index (κ2) is 8.34. The quantitative estimate of drug-likeness (QED) is 0.541. The second-order valence-corrected chi connectivity index (χ2v) is 6.24. The molecule has 0 saturated carbocycles. The lowest BCUT2D eigenvalue weighted by Gasteiger charge is -2.25. The summed E-state index contributed by atoms with van der Waals surface area (Å²) < 4.78 is 53.1. The zero-order valence-electron chi connectivity index (χ0n) is 15.4. The van der Waals surface area contributed by atoms with Crippen LogP contribution in [0.2, 0.25) is 0 Å². The fraction of sp³-hybridized carbons (Fsp3) is 0.200. The topological polar surface area (TPSA) is 61.0 Å². The van der Waals surface area contributed by atoms with Crippen molar-refractivity contribution in [3.63, 3.8) is 0 Å². The molecule has 1 aromatic heterocycles. The molecule has 0 aliphatic rings. The van der Waals surface area contributed by atoms with Crippen LogP contribution in [0.1, 0.15) is 29.5 Å². The zero-order valence-corrected chi connectivity index (χ0v) is 15.4. The maximum atomic E-state index is 15.1. The Kier molecular flexibility index (Phi) is 5.86. The fourth-order valence-electron chi connectivity index (χ4n) is 2.82. The summed E-state index contributed by atoms with van der Waals surface area (Å²) in [5.41, 5.74) is -0.769. The van der Waals surface area contributed by atoms with Crippen LogP contribution < -0.4 is 10.2 Å². The number of nitrogens with one attached hydrogen (secondary N) is 2. The number of amides is 1. The van der Waals surface area contributed by atoms with Crippen molar-refractivity contribution in [1.29, 1.82) is 0 Å². The largest absolute Gasteiger partial charge is 0.435 e. The molecule has 2 N–H and O–H groups in total. The number of para-hydroxylation sites is 1. The first kappa shape index (κ1) is 20.4. The van der Waals surface area contributed by atoms with Gasteiger partial charge in [-0.1, -0.05) is 31.2 Å². The summed E-state index contributed by atoms with van der Waals surface area (Å²) in [6.45, 7) is 2.49. The Labute approximate surface area is 164 Å². The monoisotopic (exact) mass is 406 g/mol. The molecule has 0 aliphatic heterocycles. The van der Waals surface area contributed by atoms with Gasteiger partial charge in [0.2, 0.25) is 0 Å². The fourth-order valence-corrected chi connectivity index (χ4v) is 2.82. The Morgan fingerprint density at radius 2 is 1.86 bits per heavy atom. The van der Waals surface area contributed by atoms with Crippen LogP contribution in [0.25, 0.3) is 0 Å². The normalized spacial score (nSPS) is 11.3. The molecule has 5 nitrogen and oxygen atoms in total. The van der Waals surface area contributed by atoms with E-state index in [-0.39, 0.29) is 11.4 Å². The third-order valence-corrected chi connectivity index (χ3v) is 4.15. The summed E-state index contributed by atoms with van der Waals surface area (Å²) in [5.74, 6) is -1.61. The molecule has 0 fully saturated rings.